The van der Waals surface area contributed by atoms with Crippen LogP contribution in [0.1, 0.15) is 33.9 Å². The topological polar surface area (TPSA) is 45.7 Å². The van der Waals surface area contributed by atoms with Gasteiger partial charge in [-0.3, -0.25) is 4.79 Å². The van der Waals surface area contributed by atoms with E-state index >= 15 is 0 Å². The van der Waals surface area contributed by atoms with Crippen molar-refractivity contribution in [3.8, 4) is 0 Å². The zero-order valence-electron chi connectivity index (χ0n) is 16.2. The molecule has 1 atom stereocenters. The lowest BCUT2D eigenvalue weighted by Gasteiger charge is -2.17. The zero-order valence-corrected chi connectivity index (χ0v) is 16.2. The molecular weight excluding hydrogens is 332 g/mol. The van der Waals surface area contributed by atoms with E-state index in [-0.39, 0.29) is 11.9 Å². The fourth-order valence-electron chi connectivity index (χ4n) is 3.21. The maximum absolute atomic E-state index is 12.6. The lowest BCUT2D eigenvalue weighted by Crippen LogP contribution is -2.87. The molecule has 0 heterocycles. The molecule has 3 heteroatoms. The number of benzene rings is 3. The van der Waals surface area contributed by atoms with Crippen molar-refractivity contribution in [1.29, 1.82) is 0 Å². The van der Waals surface area contributed by atoms with Gasteiger partial charge in [0.05, 0.1) is 0 Å². The second kappa shape index (κ2) is 8.65. The third-order valence-corrected chi connectivity index (χ3v) is 5.01. The van der Waals surface area contributed by atoms with Crippen LogP contribution in [0.3, 0.4) is 0 Å². The summed E-state index contributed by atoms with van der Waals surface area (Å²) < 4.78 is 0. The van der Waals surface area contributed by atoms with Gasteiger partial charge in [0.2, 0.25) is 0 Å². The first-order valence-electron chi connectivity index (χ1n) is 9.35. The van der Waals surface area contributed by atoms with E-state index in [2.05, 4.69) is 66.9 Å². The van der Waals surface area contributed by atoms with Gasteiger partial charge in [-0.1, -0.05) is 72.3 Å². The lowest BCUT2D eigenvalue weighted by atomic mass is 9.98. The van der Waals surface area contributed by atoms with Gasteiger partial charge in [-0.05, 0) is 38.0 Å². The molecule has 0 radical (unpaired) electrons. The summed E-state index contributed by atoms with van der Waals surface area (Å²) in [4.78, 5) is 12.6. The number of hydrogen-bond acceptors (Lipinski definition) is 1. The van der Waals surface area contributed by atoms with Crippen LogP contribution >= 0.6 is 0 Å². The van der Waals surface area contributed by atoms with Gasteiger partial charge in [0.15, 0.2) is 6.54 Å². The van der Waals surface area contributed by atoms with Crippen LogP contribution in [-0.2, 0) is 4.79 Å². The van der Waals surface area contributed by atoms with Crippen molar-refractivity contribution in [3.63, 3.8) is 0 Å². The van der Waals surface area contributed by atoms with E-state index in [0.29, 0.717) is 6.54 Å². The predicted molar refractivity (Wildman–Crippen MR) is 111 cm³/mol. The number of carbonyl (C=O) groups is 1. The number of quaternary nitrogens is 1. The molecule has 3 aromatic rings. The van der Waals surface area contributed by atoms with E-state index in [9.17, 15) is 4.79 Å². The average molecular weight is 359 g/mol. The van der Waals surface area contributed by atoms with Crippen molar-refractivity contribution < 1.29 is 10.1 Å². The normalized spacial score (nSPS) is 11.8. The lowest BCUT2D eigenvalue weighted by molar-refractivity contribution is -0.676. The van der Waals surface area contributed by atoms with E-state index < -0.39 is 0 Å². The Kier molecular flexibility index (Phi) is 6.05. The van der Waals surface area contributed by atoms with Gasteiger partial charge in [-0.2, -0.15) is 0 Å². The second-order valence-corrected chi connectivity index (χ2v) is 7.03. The van der Waals surface area contributed by atoms with Gasteiger partial charge in [0, 0.05) is 16.8 Å². The Balaban J connectivity index is 1.74. The van der Waals surface area contributed by atoms with Crippen LogP contribution in [0, 0.1) is 20.8 Å². The quantitative estimate of drug-likeness (QED) is 0.689. The molecular formula is C24H27N2O+. The molecule has 0 aliphatic carbocycles. The summed E-state index contributed by atoms with van der Waals surface area (Å²) in [6, 6.07) is 24.9. The highest BCUT2D eigenvalue weighted by Crippen LogP contribution is 2.19. The molecule has 0 unspecified atom stereocenters. The number of rotatable bonds is 6. The highest BCUT2D eigenvalue weighted by atomic mass is 16.1. The molecule has 138 valence electrons. The Morgan fingerprint density at radius 1 is 0.852 bits per heavy atom. The fourth-order valence-corrected chi connectivity index (χ4v) is 3.21. The first-order valence-corrected chi connectivity index (χ1v) is 9.35. The van der Waals surface area contributed by atoms with Crippen molar-refractivity contribution in [2.45, 2.75) is 26.8 Å². The predicted octanol–water partition coefficient (Wildman–Crippen LogP) is 3.90. The Labute approximate surface area is 161 Å². The Hall–Kier alpha value is -2.91. The highest BCUT2D eigenvalue weighted by Gasteiger charge is 2.19. The summed E-state index contributed by atoms with van der Waals surface area (Å²) in [5.41, 5.74) is 6.81. The third kappa shape index (κ3) is 4.83. The van der Waals surface area contributed by atoms with Crippen molar-refractivity contribution in [2.24, 2.45) is 0 Å². The van der Waals surface area contributed by atoms with Gasteiger partial charge < -0.3 is 10.6 Å². The van der Waals surface area contributed by atoms with Crippen molar-refractivity contribution in [1.82, 2.24) is 0 Å². The van der Waals surface area contributed by atoms with E-state index in [1.807, 2.05) is 37.3 Å². The molecule has 0 spiro atoms. The monoisotopic (exact) mass is 359 g/mol. The molecule has 0 aromatic heterocycles. The van der Waals surface area contributed by atoms with Gasteiger partial charge in [-0.15, -0.1) is 0 Å². The molecule has 0 saturated heterocycles. The number of amides is 1. The van der Waals surface area contributed by atoms with Crippen LogP contribution in [-0.4, -0.2) is 12.5 Å². The first-order chi connectivity index (χ1) is 13.0. The summed E-state index contributed by atoms with van der Waals surface area (Å²) in [5, 5.41) is 5.15. The maximum atomic E-state index is 12.6. The highest BCUT2D eigenvalue weighted by molar-refractivity contribution is 5.92. The molecule has 0 aliphatic rings. The number of anilines is 1. The summed E-state index contributed by atoms with van der Waals surface area (Å²) in [5.74, 6) is 0.0109. The summed E-state index contributed by atoms with van der Waals surface area (Å²) >= 11 is 0. The maximum Gasteiger partial charge on any atom is 0.279 e. The van der Waals surface area contributed by atoms with E-state index in [1.165, 1.54) is 22.3 Å². The van der Waals surface area contributed by atoms with Crippen LogP contribution in [0.2, 0.25) is 0 Å². The summed E-state index contributed by atoms with van der Waals surface area (Å²) in [6.07, 6.45) is 0. The zero-order chi connectivity index (χ0) is 19.2. The van der Waals surface area contributed by atoms with Crippen molar-refractivity contribution >= 4 is 11.6 Å². The largest absolute Gasteiger partial charge is 0.328 e. The van der Waals surface area contributed by atoms with Crippen LogP contribution in [0.25, 0.3) is 0 Å². The smallest absolute Gasteiger partial charge is 0.279 e. The van der Waals surface area contributed by atoms with Gasteiger partial charge >= 0.3 is 0 Å². The fraction of sp³-hybridized carbons (Fsp3) is 0.208. The number of carbonyl (C=O) groups excluding carboxylic acids is 1. The molecule has 3 nitrogen and oxygen atoms in total. The Morgan fingerprint density at radius 2 is 1.52 bits per heavy atom. The summed E-state index contributed by atoms with van der Waals surface area (Å²) in [6.45, 7) is 6.54. The molecule has 3 N–H and O–H groups in total. The average Bonchev–Trinajstić information content (AvgIpc) is 2.68. The van der Waals surface area contributed by atoms with Crippen molar-refractivity contribution in [2.75, 3.05) is 11.9 Å². The molecule has 3 aromatic carbocycles. The minimum absolute atomic E-state index is 0.0109. The van der Waals surface area contributed by atoms with E-state index in [0.717, 1.165) is 11.3 Å². The van der Waals surface area contributed by atoms with Crippen LogP contribution in [0.15, 0.2) is 72.8 Å². The first kappa shape index (κ1) is 18.9. The summed E-state index contributed by atoms with van der Waals surface area (Å²) in [7, 11) is 0. The molecule has 27 heavy (non-hydrogen) atoms. The van der Waals surface area contributed by atoms with E-state index in [1.54, 1.807) is 0 Å². The number of nitrogens with two attached hydrogens (primary N) is 1. The Morgan fingerprint density at radius 3 is 2.22 bits per heavy atom. The number of aryl methyl sites for hydroxylation is 2. The van der Waals surface area contributed by atoms with Gasteiger partial charge in [0.1, 0.15) is 6.04 Å². The SMILES string of the molecule is Cc1ccc([C@H]([NH2+]CC(=O)Nc2cccc(C)c2C)c2ccccc2)cc1. The molecule has 0 aliphatic heterocycles. The van der Waals surface area contributed by atoms with Gasteiger partial charge in [0.25, 0.3) is 5.91 Å². The molecule has 0 fully saturated rings. The standard InChI is InChI=1S/C24H26N2O/c1-17-12-14-21(15-13-17)24(20-9-5-4-6-10-20)25-16-23(27)26-22-11-7-8-18(2)19(22)3/h4-15,24-25H,16H2,1-3H3,(H,26,27)/p+1/t24-/m1/s1. The molecule has 3 rings (SSSR count). The van der Waals surface area contributed by atoms with Crippen molar-refractivity contribution in [3.05, 3.63) is 101 Å². The van der Waals surface area contributed by atoms with E-state index in [4.69, 9.17) is 0 Å². The Bertz CT molecular complexity index is 901. The second-order valence-electron chi connectivity index (χ2n) is 7.03. The molecule has 1 amide bonds. The third-order valence-electron chi connectivity index (χ3n) is 5.01. The minimum atomic E-state index is 0.0109. The minimum Gasteiger partial charge on any atom is -0.328 e. The van der Waals surface area contributed by atoms with Crippen LogP contribution in [0.4, 0.5) is 5.69 Å². The number of hydrogen-bond donors (Lipinski definition) is 2. The van der Waals surface area contributed by atoms with Crippen LogP contribution < -0.4 is 10.6 Å². The molecule has 0 bridgehead atoms. The number of nitrogens with one attached hydrogen (secondary N) is 1. The molecule has 0 saturated carbocycles. The van der Waals surface area contributed by atoms with Crippen LogP contribution in [0.5, 0.6) is 0 Å². The van der Waals surface area contributed by atoms with Gasteiger partial charge in [-0.25, -0.2) is 0 Å².